The van der Waals surface area contributed by atoms with E-state index in [-0.39, 0.29) is 36.7 Å². The first kappa shape index (κ1) is 21.9. The largest absolute Gasteiger partial charge is 0.454 e. The number of hydrogen-bond acceptors (Lipinski definition) is 6. The third kappa shape index (κ3) is 5.42. The fourth-order valence-corrected chi connectivity index (χ4v) is 5.93. The van der Waals surface area contributed by atoms with Crippen LogP contribution in [0, 0.1) is 0 Å². The van der Waals surface area contributed by atoms with Crippen molar-refractivity contribution in [3.8, 4) is 11.5 Å². The molecule has 0 spiro atoms. The van der Waals surface area contributed by atoms with Crippen molar-refractivity contribution >= 4 is 15.7 Å². The van der Waals surface area contributed by atoms with Gasteiger partial charge in [0.05, 0.1) is 17.9 Å². The first-order chi connectivity index (χ1) is 13.7. The molecule has 162 valence electrons. The van der Waals surface area contributed by atoms with Crippen molar-refractivity contribution in [3.05, 3.63) is 23.8 Å². The summed E-state index contributed by atoms with van der Waals surface area (Å²) in [5.74, 6) is 1.51. The standard InChI is InChI=1S/C21H32N2O5S/c1-15(2)22(16(3)4)8-9-23(18-7-10-29(25,26)13-18)21(24)12-17-5-6-19-20(11-17)28-14-27-19/h5-6,11,15-16,18H,7-10,12-14H2,1-4H3/t18-/m0/s1. The van der Waals surface area contributed by atoms with Crippen LogP contribution in [0.15, 0.2) is 18.2 Å². The molecule has 2 aliphatic rings. The quantitative estimate of drug-likeness (QED) is 0.636. The lowest BCUT2D eigenvalue weighted by Crippen LogP contribution is -2.48. The van der Waals surface area contributed by atoms with E-state index in [0.29, 0.717) is 36.5 Å². The Morgan fingerprint density at radius 2 is 1.79 bits per heavy atom. The van der Waals surface area contributed by atoms with Gasteiger partial charge in [0.15, 0.2) is 21.3 Å². The van der Waals surface area contributed by atoms with Crippen LogP contribution >= 0.6 is 0 Å². The van der Waals surface area contributed by atoms with Crippen LogP contribution in [0.1, 0.15) is 39.7 Å². The summed E-state index contributed by atoms with van der Waals surface area (Å²) in [4.78, 5) is 17.3. The molecule has 0 unspecified atom stereocenters. The number of ether oxygens (including phenoxy) is 2. The summed E-state index contributed by atoms with van der Waals surface area (Å²) in [6.45, 7) is 9.99. The second kappa shape index (κ2) is 8.92. The Morgan fingerprint density at radius 3 is 2.41 bits per heavy atom. The maximum absolute atomic E-state index is 13.2. The van der Waals surface area contributed by atoms with Crippen LogP contribution < -0.4 is 9.47 Å². The van der Waals surface area contributed by atoms with E-state index < -0.39 is 9.84 Å². The van der Waals surface area contributed by atoms with Crippen molar-refractivity contribution in [3.63, 3.8) is 0 Å². The molecule has 7 nitrogen and oxygen atoms in total. The minimum atomic E-state index is -3.07. The summed E-state index contributed by atoms with van der Waals surface area (Å²) in [7, 11) is -3.07. The van der Waals surface area contributed by atoms with E-state index in [1.165, 1.54) is 0 Å². The van der Waals surface area contributed by atoms with E-state index >= 15 is 0 Å². The number of nitrogens with zero attached hydrogens (tertiary/aromatic N) is 2. The summed E-state index contributed by atoms with van der Waals surface area (Å²) in [5.41, 5.74) is 0.842. The summed E-state index contributed by atoms with van der Waals surface area (Å²) in [5, 5.41) is 0. The number of rotatable bonds is 8. The van der Waals surface area contributed by atoms with Gasteiger partial charge in [-0.2, -0.15) is 0 Å². The predicted octanol–water partition coefficient (Wildman–Crippen LogP) is 2.09. The normalized spacial score (nSPS) is 20.0. The zero-order valence-corrected chi connectivity index (χ0v) is 18.6. The molecule has 0 bridgehead atoms. The van der Waals surface area contributed by atoms with Crippen LogP contribution in [0.2, 0.25) is 0 Å². The minimum Gasteiger partial charge on any atom is -0.454 e. The molecule has 0 saturated carbocycles. The highest BCUT2D eigenvalue weighted by atomic mass is 32.2. The third-order valence-electron chi connectivity index (χ3n) is 5.69. The fourth-order valence-electron chi connectivity index (χ4n) is 4.20. The number of carbonyl (C=O) groups is 1. The second-order valence-corrected chi connectivity index (χ2v) is 10.7. The van der Waals surface area contributed by atoms with Gasteiger partial charge in [0.2, 0.25) is 12.7 Å². The molecule has 1 aromatic carbocycles. The predicted molar refractivity (Wildman–Crippen MR) is 112 cm³/mol. The Hall–Kier alpha value is -1.80. The van der Waals surface area contributed by atoms with Crippen LogP contribution in [0.25, 0.3) is 0 Å². The SMILES string of the molecule is CC(C)N(CCN(C(=O)Cc1ccc2c(c1)OCO2)[C@H]1CCS(=O)(=O)C1)C(C)C. The lowest BCUT2D eigenvalue weighted by molar-refractivity contribution is -0.132. The van der Waals surface area contributed by atoms with Gasteiger partial charge in [-0.3, -0.25) is 9.69 Å². The Balaban J connectivity index is 1.74. The first-order valence-electron chi connectivity index (χ1n) is 10.3. The minimum absolute atomic E-state index is 0.0431. The molecule has 2 aliphatic heterocycles. The number of fused-ring (bicyclic) bond motifs is 1. The average molecular weight is 425 g/mol. The molecule has 29 heavy (non-hydrogen) atoms. The van der Waals surface area contributed by atoms with E-state index in [4.69, 9.17) is 9.47 Å². The molecule has 2 heterocycles. The van der Waals surface area contributed by atoms with Crippen LogP contribution in [-0.4, -0.2) is 73.6 Å². The van der Waals surface area contributed by atoms with E-state index in [9.17, 15) is 13.2 Å². The zero-order chi connectivity index (χ0) is 21.2. The van der Waals surface area contributed by atoms with Gasteiger partial charge in [-0.1, -0.05) is 6.07 Å². The lowest BCUT2D eigenvalue weighted by Gasteiger charge is -2.35. The lowest BCUT2D eigenvalue weighted by atomic mass is 10.1. The topological polar surface area (TPSA) is 76.2 Å². The van der Waals surface area contributed by atoms with Crippen LogP contribution in [-0.2, 0) is 21.1 Å². The van der Waals surface area contributed by atoms with Crippen molar-refractivity contribution in [2.75, 3.05) is 31.4 Å². The molecular formula is C21H32N2O5S. The highest BCUT2D eigenvalue weighted by Crippen LogP contribution is 2.32. The number of benzene rings is 1. The van der Waals surface area contributed by atoms with Gasteiger partial charge >= 0.3 is 0 Å². The molecule has 1 aromatic rings. The Labute approximate surface area is 173 Å². The highest BCUT2D eigenvalue weighted by molar-refractivity contribution is 7.91. The van der Waals surface area contributed by atoms with Gasteiger partial charge in [0.25, 0.3) is 0 Å². The Bertz CT molecular complexity index is 829. The number of hydrogen-bond donors (Lipinski definition) is 0. The number of sulfone groups is 1. The van der Waals surface area contributed by atoms with Crippen molar-refractivity contribution in [1.29, 1.82) is 0 Å². The fraction of sp³-hybridized carbons (Fsp3) is 0.667. The van der Waals surface area contributed by atoms with Crippen molar-refractivity contribution < 1.29 is 22.7 Å². The van der Waals surface area contributed by atoms with Crippen molar-refractivity contribution in [2.45, 2.75) is 58.7 Å². The molecule has 1 saturated heterocycles. The molecule has 0 aromatic heterocycles. The first-order valence-corrected chi connectivity index (χ1v) is 12.1. The van der Waals surface area contributed by atoms with Gasteiger partial charge in [-0.25, -0.2) is 8.42 Å². The molecule has 8 heteroatoms. The summed E-state index contributed by atoms with van der Waals surface area (Å²) in [6.07, 6.45) is 0.731. The maximum Gasteiger partial charge on any atom is 0.231 e. The second-order valence-electron chi connectivity index (χ2n) is 8.43. The average Bonchev–Trinajstić information content (AvgIpc) is 3.23. The van der Waals surface area contributed by atoms with Crippen LogP contribution in [0.3, 0.4) is 0 Å². The van der Waals surface area contributed by atoms with Crippen molar-refractivity contribution in [2.24, 2.45) is 0 Å². The Kier molecular flexibility index (Phi) is 6.73. The molecule has 0 radical (unpaired) electrons. The van der Waals surface area contributed by atoms with Crippen LogP contribution in [0.5, 0.6) is 11.5 Å². The molecule has 0 N–H and O–H groups in total. The van der Waals surface area contributed by atoms with Gasteiger partial charge in [0, 0.05) is 31.2 Å². The number of carbonyl (C=O) groups excluding carboxylic acids is 1. The van der Waals surface area contributed by atoms with Gasteiger partial charge < -0.3 is 14.4 Å². The summed E-state index contributed by atoms with van der Waals surface area (Å²) < 4.78 is 34.8. The van der Waals surface area contributed by atoms with Gasteiger partial charge in [-0.05, 0) is 51.8 Å². The Morgan fingerprint density at radius 1 is 1.10 bits per heavy atom. The molecule has 1 atom stereocenters. The molecular weight excluding hydrogens is 392 g/mol. The molecule has 3 rings (SSSR count). The molecule has 1 amide bonds. The van der Waals surface area contributed by atoms with Crippen molar-refractivity contribution in [1.82, 2.24) is 9.80 Å². The van der Waals surface area contributed by atoms with Gasteiger partial charge in [-0.15, -0.1) is 0 Å². The van der Waals surface area contributed by atoms with E-state index in [2.05, 4.69) is 32.6 Å². The molecule has 0 aliphatic carbocycles. The zero-order valence-electron chi connectivity index (χ0n) is 17.8. The van der Waals surface area contributed by atoms with E-state index in [0.717, 1.165) is 12.1 Å². The van der Waals surface area contributed by atoms with Gasteiger partial charge in [0.1, 0.15) is 0 Å². The maximum atomic E-state index is 13.2. The summed E-state index contributed by atoms with van der Waals surface area (Å²) >= 11 is 0. The van der Waals surface area contributed by atoms with Crippen LogP contribution in [0.4, 0.5) is 0 Å². The molecule has 1 fully saturated rings. The smallest absolute Gasteiger partial charge is 0.231 e. The highest BCUT2D eigenvalue weighted by Gasteiger charge is 2.35. The summed E-state index contributed by atoms with van der Waals surface area (Å²) in [6, 6.07) is 5.97. The number of amides is 1. The van der Waals surface area contributed by atoms with E-state index in [1.807, 2.05) is 18.2 Å². The van der Waals surface area contributed by atoms with E-state index in [1.54, 1.807) is 4.90 Å². The third-order valence-corrected chi connectivity index (χ3v) is 7.44. The monoisotopic (exact) mass is 424 g/mol.